The molecule has 1 fully saturated rings. The second kappa shape index (κ2) is 6.37. The van der Waals surface area contributed by atoms with Crippen LogP contribution in [-0.4, -0.2) is 49.0 Å². The van der Waals surface area contributed by atoms with E-state index in [-0.39, 0.29) is 0 Å². The quantitative estimate of drug-likeness (QED) is 0.902. The van der Waals surface area contributed by atoms with Crippen molar-refractivity contribution in [2.75, 3.05) is 26.9 Å². The van der Waals surface area contributed by atoms with Crippen molar-refractivity contribution in [1.82, 2.24) is 4.90 Å². The first kappa shape index (κ1) is 14.3. The van der Waals surface area contributed by atoms with E-state index in [4.69, 9.17) is 9.47 Å². The maximum absolute atomic E-state index is 10.4. The summed E-state index contributed by atoms with van der Waals surface area (Å²) >= 11 is 0. The number of morpholine rings is 1. The molecule has 1 saturated heterocycles. The van der Waals surface area contributed by atoms with E-state index in [2.05, 4.69) is 18.7 Å². The van der Waals surface area contributed by atoms with Gasteiger partial charge in [0.1, 0.15) is 5.75 Å². The van der Waals surface area contributed by atoms with Gasteiger partial charge < -0.3 is 14.6 Å². The van der Waals surface area contributed by atoms with Crippen LogP contribution in [0.5, 0.6) is 5.75 Å². The maximum atomic E-state index is 10.4. The molecule has 0 amide bonds. The number of β-amino-alcohol motifs (C(OH)–C–C–N with tert-alkyl or cyclic N) is 1. The summed E-state index contributed by atoms with van der Waals surface area (Å²) in [4.78, 5) is 2.30. The van der Waals surface area contributed by atoms with Crippen molar-refractivity contribution in [2.45, 2.75) is 32.0 Å². The number of methoxy groups -OCH3 is 1. The summed E-state index contributed by atoms with van der Waals surface area (Å²) in [5.41, 5.74) is 0.894. The molecule has 1 aromatic carbocycles. The number of hydrogen-bond donors (Lipinski definition) is 1. The molecule has 0 saturated carbocycles. The number of ether oxygens (including phenoxy) is 2. The van der Waals surface area contributed by atoms with Gasteiger partial charge in [0, 0.05) is 18.6 Å². The Balaban J connectivity index is 2.04. The summed E-state index contributed by atoms with van der Waals surface area (Å²) in [5.74, 6) is 0.777. The normalized spacial score (nSPS) is 26.1. The highest BCUT2D eigenvalue weighted by Gasteiger charge is 2.27. The Bertz CT molecular complexity index is 400. The van der Waals surface area contributed by atoms with E-state index in [0.29, 0.717) is 18.6 Å². The lowest BCUT2D eigenvalue weighted by atomic mass is 10.1. The Morgan fingerprint density at radius 2 is 2.05 bits per heavy atom. The lowest BCUT2D eigenvalue weighted by Crippen LogP contribution is -2.50. The van der Waals surface area contributed by atoms with E-state index in [0.717, 1.165) is 24.5 Å². The third kappa shape index (κ3) is 3.47. The second-order valence-electron chi connectivity index (χ2n) is 5.22. The molecule has 1 heterocycles. The average Bonchev–Trinajstić information content (AvgIpc) is 2.43. The van der Waals surface area contributed by atoms with Crippen LogP contribution in [0.15, 0.2) is 24.3 Å². The molecule has 0 aromatic heterocycles. The zero-order valence-electron chi connectivity index (χ0n) is 11.9. The first-order valence-electron chi connectivity index (χ1n) is 6.77. The highest BCUT2D eigenvalue weighted by molar-refractivity contribution is 5.29. The van der Waals surface area contributed by atoms with Crippen molar-refractivity contribution < 1.29 is 14.6 Å². The van der Waals surface area contributed by atoms with Crippen LogP contribution >= 0.6 is 0 Å². The molecule has 2 rings (SSSR count). The third-order valence-corrected chi connectivity index (χ3v) is 3.71. The van der Waals surface area contributed by atoms with Crippen molar-refractivity contribution in [3.05, 3.63) is 29.8 Å². The molecule has 0 aliphatic carbocycles. The first-order valence-corrected chi connectivity index (χ1v) is 6.77. The molecule has 3 atom stereocenters. The molecule has 0 spiro atoms. The molecular weight excluding hydrogens is 242 g/mol. The zero-order valence-corrected chi connectivity index (χ0v) is 11.9. The van der Waals surface area contributed by atoms with E-state index in [1.54, 1.807) is 7.11 Å². The smallest absolute Gasteiger partial charge is 0.119 e. The first-order chi connectivity index (χ1) is 9.11. The van der Waals surface area contributed by atoms with Crippen molar-refractivity contribution in [1.29, 1.82) is 0 Å². The molecule has 19 heavy (non-hydrogen) atoms. The minimum Gasteiger partial charge on any atom is -0.497 e. The summed E-state index contributed by atoms with van der Waals surface area (Å²) < 4.78 is 10.7. The van der Waals surface area contributed by atoms with Gasteiger partial charge in [-0.25, -0.2) is 0 Å². The van der Waals surface area contributed by atoms with Crippen LogP contribution in [0.3, 0.4) is 0 Å². The highest BCUT2D eigenvalue weighted by atomic mass is 16.5. The number of hydrogen-bond acceptors (Lipinski definition) is 4. The monoisotopic (exact) mass is 265 g/mol. The Morgan fingerprint density at radius 1 is 1.37 bits per heavy atom. The van der Waals surface area contributed by atoms with Crippen LogP contribution in [0.25, 0.3) is 0 Å². The van der Waals surface area contributed by atoms with Crippen LogP contribution in [0.1, 0.15) is 25.5 Å². The summed E-state index contributed by atoms with van der Waals surface area (Å²) in [7, 11) is 1.64. The SMILES string of the molecule is COc1cccc(C(O)CN2C(C)COCC2C)c1. The average molecular weight is 265 g/mol. The Labute approximate surface area is 114 Å². The van der Waals surface area contributed by atoms with Crippen LogP contribution in [-0.2, 0) is 4.74 Å². The molecule has 1 aliphatic heterocycles. The molecule has 4 nitrogen and oxygen atoms in total. The van der Waals surface area contributed by atoms with Gasteiger partial charge in [-0.05, 0) is 31.5 Å². The topological polar surface area (TPSA) is 41.9 Å². The lowest BCUT2D eigenvalue weighted by molar-refractivity contribution is -0.0537. The predicted molar refractivity (Wildman–Crippen MR) is 74.4 cm³/mol. The van der Waals surface area contributed by atoms with Gasteiger partial charge >= 0.3 is 0 Å². The van der Waals surface area contributed by atoms with Crippen molar-refractivity contribution >= 4 is 0 Å². The largest absolute Gasteiger partial charge is 0.497 e. The van der Waals surface area contributed by atoms with E-state index in [1.807, 2.05) is 24.3 Å². The standard InChI is InChI=1S/C15H23NO3/c1-11-9-19-10-12(2)16(11)8-15(17)13-5-4-6-14(7-13)18-3/h4-7,11-12,15,17H,8-10H2,1-3H3. The molecule has 4 heteroatoms. The molecule has 1 N–H and O–H groups in total. The van der Waals surface area contributed by atoms with Crippen LogP contribution in [0.2, 0.25) is 0 Å². The summed E-state index contributed by atoms with van der Waals surface area (Å²) in [6.07, 6.45) is -0.502. The van der Waals surface area contributed by atoms with Crippen LogP contribution < -0.4 is 4.74 Å². The van der Waals surface area contributed by atoms with Gasteiger partial charge in [-0.3, -0.25) is 4.90 Å². The number of nitrogens with zero attached hydrogens (tertiary/aromatic N) is 1. The van der Waals surface area contributed by atoms with Gasteiger partial charge in [-0.1, -0.05) is 12.1 Å². The Hall–Kier alpha value is -1.10. The van der Waals surface area contributed by atoms with Gasteiger partial charge in [0.2, 0.25) is 0 Å². The summed E-state index contributed by atoms with van der Waals surface area (Å²) in [6, 6.07) is 8.29. The number of aliphatic hydroxyl groups is 1. The predicted octanol–water partition coefficient (Wildman–Crippen LogP) is 1.84. The van der Waals surface area contributed by atoms with E-state index < -0.39 is 6.10 Å². The van der Waals surface area contributed by atoms with Gasteiger partial charge in [0.15, 0.2) is 0 Å². The number of rotatable bonds is 4. The van der Waals surface area contributed by atoms with Gasteiger partial charge in [-0.15, -0.1) is 0 Å². The van der Waals surface area contributed by atoms with Gasteiger partial charge in [0.25, 0.3) is 0 Å². The summed E-state index contributed by atoms with van der Waals surface area (Å²) in [6.45, 7) is 6.35. The fourth-order valence-electron chi connectivity index (χ4n) is 2.55. The molecule has 1 aromatic rings. The Kier molecular flexibility index (Phi) is 4.80. The molecule has 0 bridgehead atoms. The number of aliphatic hydroxyl groups excluding tert-OH is 1. The van der Waals surface area contributed by atoms with Crippen molar-refractivity contribution in [2.24, 2.45) is 0 Å². The zero-order chi connectivity index (χ0) is 13.8. The van der Waals surface area contributed by atoms with Gasteiger partial charge in [-0.2, -0.15) is 0 Å². The maximum Gasteiger partial charge on any atom is 0.119 e. The lowest BCUT2D eigenvalue weighted by Gasteiger charge is -2.39. The van der Waals surface area contributed by atoms with Crippen LogP contribution in [0.4, 0.5) is 0 Å². The minimum atomic E-state index is -0.502. The van der Waals surface area contributed by atoms with Crippen LogP contribution in [0, 0.1) is 0 Å². The molecule has 3 unspecified atom stereocenters. The fourth-order valence-corrected chi connectivity index (χ4v) is 2.55. The Morgan fingerprint density at radius 3 is 2.68 bits per heavy atom. The van der Waals surface area contributed by atoms with E-state index in [1.165, 1.54) is 0 Å². The molecule has 106 valence electrons. The minimum absolute atomic E-state index is 0.337. The molecule has 0 radical (unpaired) electrons. The second-order valence-corrected chi connectivity index (χ2v) is 5.22. The van der Waals surface area contributed by atoms with Crippen molar-refractivity contribution in [3.8, 4) is 5.75 Å². The molecule has 1 aliphatic rings. The third-order valence-electron chi connectivity index (χ3n) is 3.71. The highest BCUT2D eigenvalue weighted by Crippen LogP contribution is 2.22. The van der Waals surface area contributed by atoms with Crippen molar-refractivity contribution in [3.63, 3.8) is 0 Å². The van der Waals surface area contributed by atoms with E-state index >= 15 is 0 Å². The fraction of sp³-hybridized carbons (Fsp3) is 0.600. The molecular formula is C15H23NO3. The van der Waals surface area contributed by atoms with Gasteiger partial charge in [0.05, 0.1) is 26.4 Å². The number of benzene rings is 1. The summed E-state index contributed by atoms with van der Waals surface area (Å²) in [5, 5.41) is 10.4. The van der Waals surface area contributed by atoms with E-state index in [9.17, 15) is 5.11 Å².